The van der Waals surface area contributed by atoms with Gasteiger partial charge in [0.25, 0.3) is 0 Å². The van der Waals surface area contributed by atoms with Gasteiger partial charge in [-0.05, 0) is 0 Å². The molecule has 0 aliphatic rings. The van der Waals surface area contributed by atoms with Crippen LogP contribution in [0.1, 0.15) is 13.3 Å². The SMILES string of the molecule is C=C/N=C(/CC)N(C)C. The lowest BCUT2D eigenvalue weighted by Gasteiger charge is -2.12. The molecule has 0 saturated carbocycles. The van der Waals surface area contributed by atoms with Crippen molar-refractivity contribution in [2.24, 2.45) is 4.99 Å². The molecule has 52 valence electrons. The maximum absolute atomic E-state index is 4.05. The van der Waals surface area contributed by atoms with Crippen LogP contribution < -0.4 is 0 Å². The van der Waals surface area contributed by atoms with Gasteiger partial charge in [-0.25, -0.2) is 4.99 Å². The van der Waals surface area contributed by atoms with E-state index in [-0.39, 0.29) is 0 Å². The van der Waals surface area contributed by atoms with E-state index < -0.39 is 0 Å². The van der Waals surface area contributed by atoms with E-state index >= 15 is 0 Å². The Morgan fingerprint density at radius 1 is 1.67 bits per heavy atom. The van der Waals surface area contributed by atoms with Gasteiger partial charge >= 0.3 is 0 Å². The normalized spacial score (nSPS) is 11.2. The van der Waals surface area contributed by atoms with Crippen LogP contribution in [0.15, 0.2) is 17.8 Å². The van der Waals surface area contributed by atoms with Crippen molar-refractivity contribution in [3.8, 4) is 0 Å². The molecule has 2 nitrogen and oxygen atoms in total. The molecule has 0 unspecified atom stereocenters. The molecule has 0 bridgehead atoms. The smallest absolute Gasteiger partial charge is 0.103 e. The first-order valence-corrected chi connectivity index (χ1v) is 3.07. The highest BCUT2D eigenvalue weighted by Gasteiger charge is 1.93. The largest absolute Gasteiger partial charge is 0.366 e. The molecule has 0 amide bonds. The molecule has 2 heteroatoms. The Hall–Kier alpha value is -0.790. The molecule has 0 radical (unpaired) electrons. The van der Waals surface area contributed by atoms with Gasteiger partial charge in [0.2, 0.25) is 0 Å². The second-order valence-electron chi connectivity index (χ2n) is 1.98. The van der Waals surface area contributed by atoms with Gasteiger partial charge in [0, 0.05) is 26.7 Å². The van der Waals surface area contributed by atoms with E-state index in [4.69, 9.17) is 0 Å². The first kappa shape index (κ1) is 8.21. The minimum absolute atomic E-state index is 0.957. The van der Waals surface area contributed by atoms with Crippen molar-refractivity contribution in [2.75, 3.05) is 14.1 Å². The highest BCUT2D eigenvalue weighted by Crippen LogP contribution is 1.89. The summed E-state index contributed by atoms with van der Waals surface area (Å²) in [6.07, 6.45) is 2.53. The zero-order valence-corrected chi connectivity index (χ0v) is 6.39. The second kappa shape index (κ2) is 4.13. The quantitative estimate of drug-likeness (QED) is 0.404. The highest BCUT2D eigenvalue weighted by atomic mass is 15.1. The lowest BCUT2D eigenvalue weighted by molar-refractivity contribution is 0.607. The van der Waals surface area contributed by atoms with Crippen molar-refractivity contribution in [3.05, 3.63) is 12.8 Å². The standard InChI is InChI=1S/C7H14N2/c1-5-7(8-6-2)9(3)4/h6H,2,5H2,1,3-4H3/b8-7-. The molecule has 0 aromatic heterocycles. The van der Waals surface area contributed by atoms with Crippen LogP contribution in [0.3, 0.4) is 0 Å². The van der Waals surface area contributed by atoms with Crippen LogP contribution >= 0.6 is 0 Å². The fourth-order valence-electron chi connectivity index (χ4n) is 0.628. The number of amidine groups is 1. The monoisotopic (exact) mass is 126 g/mol. The lowest BCUT2D eigenvalue weighted by Crippen LogP contribution is -2.20. The fraction of sp³-hybridized carbons (Fsp3) is 0.571. The summed E-state index contributed by atoms with van der Waals surface area (Å²) in [7, 11) is 3.96. The summed E-state index contributed by atoms with van der Waals surface area (Å²) < 4.78 is 0. The Balaban J connectivity index is 3.96. The Morgan fingerprint density at radius 3 is 2.33 bits per heavy atom. The molecule has 0 spiro atoms. The third-order valence-electron chi connectivity index (χ3n) is 1.07. The number of hydrogen-bond donors (Lipinski definition) is 0. The maximum Gasteiger partial charge on any atom is 0.103 e. The van der Waals surface area contributed by atoms with Crippen molar-refractivity contribution in [3.63, 3.8) is 0 Å². The predicted molar refractivity (Wildman–Crippen MR) is 41.6 cm³/mol. The van der Waals surface area contributed by atoms with Gasteiger partial charge < -0.3 is 4.90 Å². The molecule has 0 rings (SSSR count). The first-order chi connectivity index (χ1) is 4.22. The third-order valence-corrected chi connectivity index (χ3v) is 1.07. The molecular formula is C7H14N2. The van der Waals surface area contributed by atoms with Gasteiger partial charge in [-0.3, -0.25) is 0 Å². The number of hydrogen-bond acceptors (Lipinski definition) is 1. The first-order valence-electron chi connectivity index (χ1n) is 3.07. The average molecular weight is 126 g/mol. The van der Waals surface area contributed by atoms with Crippen LogP contribution in [-0.4, -0.2) is 24.8 Å². The van der Waals surface area contributed by atoms with E-state index in [1.807, 2.05) is 19.0 Å². The summed E-state index contributed by atoms with van der Waals surface area (Å²) in [5.41, 5.74) is 0. The summed E-state index contributed by atoms with van der Waals surface area (Å²) in [5.74, 6) is 1.06. The average Bonchev–Trinajstić information content (AvgIpc) is 1.82. The molecule has 0 atom stereocenters. The van der Waals surface area contributed by atoms with Crippen LogP contribution in [0.25, 0.3) is 0 Å². The van der Waals surface area contributed by atoms with E-state index in [1.54, 1.807) is 6.20 Å². The third kappa shape index (κ3) is 2.90. The van der Waals surface area contributed by atoms with Crippen LogP contribution in [0.4, 0.5) is 0 Å². The van der Waals surface area contributed by atoms with E-state index in [9.17, 15) is 0 Å². The molecular weight excluding hydrogens is 112 g/mol. The van der Waals surface area contributed by atoms with Crippen LogP contribution in [-0.2, 0) is 0 Å². The highest BCUT2D eigenvalue weighted by molar-refractivity contribution is 5.81. The molecule has 0 aliphatic carbocycles. The molecule has 0 aliphatic heterocycles. The maximum atomic E-state index is 4.05. The Kier molecular flexibility index (Phi) is 3.76. The number of nitrogens with zero attached hydrogens (tertiary/aromatic N) is 2. The predicted octanol–water partition coefficient (Wildman–Crippen LogP) is 1.50. The van der Waals surface area contributed by atoms with E-state index in [2.05, 4.69) is 18.5 Å². The van der Waals surface area contributed by atoms with E-state index in [0.29, 0.717) is 0 Å². The zero-order chi connectivity index (χ0) is 7.28. The van der Waals surface area contributed by atoms with Crippen LogP contribution in [0, 0.1) is 0 Å². The molecule has 0 N–H and O–H groups in total. The lowest BCUT2D eigenvalue weighted by atomic mass is 10.4. The van der Waals surface area contributed by atoms with E-state index in [1.165, 1.54) is 0 Å². The van der Waals surface area contributed by atoms with Gasteiger partial charge in [-0.2, -0.15) is 0 Å². The van der Waals surface area contributed by atoms with Crippen molar-refractivity contribution in [2.45, 2.75) is 13.3 Å². The van der Waals surface area contributed by atoms with Gasteiger partial charge in [0.05, 0.1) is 0 Å². The van der Waals surface area contributed by atoms with Crippen LogP contribution in [0.5, 0.6) is 0 Å². The topological polar surface area (TPSA) is 15.6 Å². The number of aliphatic imine (C=N–C) groups is 1. The Morgan fingerprint density at radius 2 is 2.22 bits per heavy atom. The number of rotatable bonds is 2. The summed E-state index contributed by atoms with van der Waals surface area (Å²) >= 11 is 0. The summed E-state index contributed by atoms with van der Waals surface area (Å²) in [5, 5.41) is 0. The zero-order valence-electron chi connectivity index (χ0n) is 6.39. The molecule has 0 aromatic carbocycles. The minimum atomic E-state index is 0.957. The Bertz CT molecular complexity index is 114. The van der Waals surface area contributed by atoms with Crippen LogP contribution in [0.2, 0.25) is 0 Å². The second-order valence-corrected chi connectivity index (χ2v) is 1.98. The van der Waals surface area contributed by atoms with Crippen molar-refractivity contribution in [1.29, 1.82) is 0 Å². The summed E-state index contributed by atoms with van der Waals surface area (Å²) in [6.45, 7) is 5.59. The molecule has 0 heterocycles. The molecule has 0 aromatic rings. The van der Waals surface area contributed by atoms with Crippen molar-refractivity contribution in [1.82, 2.24) is 4.90 Å². The van der Waals surface area contributed by atoms with Gasteiger partial charge in [-0.1, -0.05) is 13.5 Å². The fourth-order valence-corrected chi connectivity index (χ4v) is 0.628. The Labute approximate surface area is 56.9 Å². The van der Waals surface area contributed by atoms with Gasteiger partial charge in [0.15, 0.2) is 0 Å². The van der Waals surface area contributed by atoms with Crippen molar-refractivity contribution >= 4 is 5.84 Å². The van der Waals surface area contributed by atoms with E-state index in [0.717, 1.165) is 12.3 Å². The summed E-state index contributed by atoms with van der Waals surface area (Å²) in [4.78, 5) is 6.04. The molecule has 0 fully saturated rings. The minimum Gasteiger partial charge on any atom is -0.366 e. The molecule has 9 heavy (non-hydrogen) atoms. The van der Waals surface area contributed by atoms with Gasteiger partial charge in [0.1, 0.15) is 5.84 Å². The van der Waals surface area contributed by atoms with Gasteiger partial charge in [-0.15, -0.1) is 0 Å². The molecule has 0 saturated heterocycles. The summed E-state index contributed by atoms with van der Waals surface area (Å²) in [6, 6.07) is 0. The van der Waals surface area contributed by atoms with Crippen molar-refractivity contribution < 1.29 is 0 Å².